The zero-order valence-electron chi connectivity index (χ0n) is 21.4. The number of amides is 2. The van der Waals surface area contributed by atoms with Gasteiger partial charge in [-0.05, 0) is 61.6 Å². The highest BCUT2D eigenvalue weighted by Gasteiger charge is 2.31. The van der Waals surface area contributed by atoms with E-state index in [9.17, 15) is 9.59 Å². The summed E-state index contributed by atoms with van der Waals surface area (Å²) in [5.74, 6) is 1.48. The minimum atomic E-state index is -0.312. The molecule has 2 atom stereocenters. The van der Waals surface area contributed by atoms with Crippen LogP contribution >= 0.6 is 0 Å². The predicted octanol–water partition coefficient (Wildman–Crippen LogP) is 3.93. The third-order valence-electron chi connectivity index (χ3n) is 6.76. The largest absolute Gasteiger partial charge is 0.497 e. The average molecular weight is 482 g/mol. The number of methoxy groups -OCH3 is 2. The van der Waals surface area contributed by atoms with Crippen LogP contribution in [0, 0.1) is 5.92 Å². The van der Waals surface area contributed by atoms with Crippen molar-refractivity contribution in [2.24, 2.45) is 5.92 Å². The second kappa shape index (κ2) is 13.1. The number of nitrogens with one attached hydrogen (secondary N) is 2. The first kappa shape index (κ1) is 26.5. The van der Waals surface area contributed by atoms with Crippen LogP contribution in [-0.2, 0) is 9.59 Å². The summed E-state index contributed by atoms with van der Waals surface area (Å²) >= 11 is 0. The van der Waals surface area contributed by atoms with Crippen molar-refractivity contribution in [1.29, 1.82) is 0 Å². The Morgan fingerprint density at radius 1 is 0.971 bits per heavy atom. The molecule has 35 heavy (non-hydrogen) atoms. The van der Waals surface area contributed by atoms with Crippen LogP contribution in [0.5, 0.6) is 11.5 Å². The lowest BCUT2D eigenvalue weighted by Crippen LogP contribution is -2.50. The molecule has 2 aromatic carbocycles. The Morgan fingerprint density at radius 3 is 2.06 bits per heavy atom. The molecular weight excluding hydrogens is 442 g/mol. The molecule has 0 aliphatic carbocycles. The van der Waals surface area contributed by atoms with Gasteiger partial charge in [0.25, 0.3) is 0 Å². The molecule has 7 nitrogen and oxygen atoms in total. The third-order valence-corrected chi connectivity index (χ3v) is 6.76. The van der Waals surface area contributed by atoms with E-state index in [0.29, 0.717) is 13.1 Å². The first-order chi connectivity index (χ1) is 16.9. The molecule has 0 aromatic heterocycles. The maximum Gasteiger partial charge on any atom is 0.234 e. The minimum absolute atomic E-state index is 0.0690. The Balaban J connectivity index is 1.70. The molecule has 2 amide bonds. The number of ether oxygens (including phenoxy) is 2. The molecule has 190 valence electrons. The summed E-state index contributed by atoms with van der Waals surface area (Å²) in [4.78, 5) is 28.0. The SMILES string of the molecule is CCCCNC(=O)C1CCC(C)N(CC(=O)NC(c2ccc(OC)cc2)c2ccc(OC)cc2)C1. The van der Waals surface area contributed by atoms with E-state index in [1.165, 1.54) is 0 Å². The number of benzene rings is 2. The van der Waals surface area contributed by atoms with Gasteiger partial charge in [-0.15, -0.1) is 0 Å². The molecule has 0 radical (unpaired) electrons. The lowest BCUT2D eigenvalue weighted by atomic mass is 9.92. The Morgan fingerprint density at radius 2 is 1.54 bits per heavy atom. The maximum atomic E-state index is 13.2. The van der Waals surface area contributed by atoms with E-state index < -0.39 is 0 Å². The number of unbranched alkanes of at least 4 members (excludes halogenated alkanes) is 1. The van der Waals surface area contributed by atoms with Crippen LogP contribution < -0.4 is 20.1 Å². The highest BCUT2D eigenvalue weighted by atomic mass is 16.5. The first-order valence-electron chi connectivity index (χ1n) is 12.5. The number of rotatable bonds is 11. The van der Waals surface area contributed by atoms with E-state index >= 15 is 0 Å². The number of piperidine rings is 1. The van der Waals surface area contributed by atoms with Crippen LogP contribution in [-0.4, -0.2) is 56.6 Å². The fraction of sp³-hybridized carbons (Fsp3) is 0.500. The van der Waals surface area contributed by atoms with E-state index in [0.717, 1.165) is 48.3 Å². The van der Waals surface area contributed by atoms with Crippen molar-refractivity contribution in [3.63, 3.8) is 0 Å². The molecule has 0 saturated carbocycles. The molecule has 2 N–H and O–H groups in total. The highest BCUT2D eigenvalue weighted by molar-refractivity contribution is 5.80. The second-order valence-electron chi connectivity index (χ2n) is 9.24. The van der Waals surface area contributed by atoms with Crippen molar-refractivity contribution < 1.29 is 19.1 Å². The quantitative estimate of drug-likeness (QED) is 0.476. The third kappa shape index (κ3) is 7.46. The summed E-state index contributed by atoms with van der Waals surface area (Å²) in [7, 11) is 3.27. The van der Waals surface area contributed by atoms with Crippen LogP contribution in [0.25, 0.3) is 0 Å². The van der Waals surface area contributed by atoms with Crippen molar-refractivity contribution >= 4 is 11.8 Å². The topological polar surface area (TPSA) is 79.9 Å². The smallest absolute Gasteiger partial charge is 0.234 e. The molecule has 1 aliphatic rings. The number of carbonyl (C=O) groups is 2. The average Bonchev–Trinajstić information content (AvgIpc) is 2.89. The lowest BCUT2D eigenvalue weighted by Gasteiger charge is -2.37. The first-order valence-corrected chi connectivity index (χ1v) is 12.5. The number of likely N-dealkylation sites (tertiary alicyclic amines) is 1. The van der Waals surface area contributed by atoms with Crippen molar-refractivity contribution in [2.75, 3.05) is 33.9 Å². The molecule has 1 heterocycles. The number of hydrogen-bond donors (Lipinski definition) is 2. The molecule has 0 bridgehead atoms. The van der Waals surface area contributed by atoms with E-state index in [-0.39, 0.29) is 36.4 Å². The number of hydrogen-bond acceptors (Lipinski definition) is 5. The highest BCUT2D eigenvalue weighted by Crippen LogP contribution is 2.27. The summed E-state index contributed by atoms with van der Waals surface area (Å²) in [6, 6.07) is 15.4. The van der Waals surface area contributed by atoms with Gasteiger partial charge in [-0.1, -0.05) is 37.6 Å². The lowest BCUT2D eigenvalue weighted by molar-refractivity contribution is -0.130. The summed E-state index contributed by atoms with van der Waals surface area (Å²) in [5, 5.41) is 6.26. The van der Waals surface area contributed by atoms with Gasteiger partial charge in [-0.3, -0.25) is 14.5 Å². The zero-order chi connectivity index (χ0) is 25.2. The Labute approximate surface area is 209 Å². The van der Waals surface area contributed by atoms with Crippen LogP contribution in [0.1, 0.15) is 56.7 Å². The van der Waals surface area contributed by atoms with Gasteiger partial charge >= 0.3 is 0 Å². The Kier molecular flexibility index (Phi) is 9.97. The molecule has 1 saturated heterocycles. The fourth-order valence-corrected chi connectivity index (χ4v) is 4.49. The van der Waals surface area contributed by atoms with Crippen molar-refractivity contribution in [1.82, 2.24) is 15.5 Å². The van der Waals surface area contributed by atoms with Gasteiger partial charge in [0.15, 0.2) is 0 Å². The van der Waals surface area contributed by atoms with Gasteiger partial charge in [0, 0.05) is 19.1 Å². The molecule has 2 unspecified atom stereocenters. The Bertz CT molecular complexity index is 898. The summed E-state index contributed by atoms with van der Waals surface area (Å²) < 4.78 is 10.6. The molecule has 2 aromatic rings. The summed E-state index contributed by atoms with van der Waals surface area (Å²) in [6.07, 6.45) is 3.80. The van der Waals surface area contributed by atoms with Crippen LogP contribution in [0.15, 0.2) is 48.5 Å². The van der Waals surface area contributed by atoms with Crippen molar-refractivity contribution in [3.8, 4) is 11.5 Å². The molecular formula is C28H39N3O4. The van der Waals surface area contributed by atoms with Crippen molar-refractivity contribution in [2.45, 2.75) is 51.6 Å². The number of carbonyl (C=O) groups excluding carboxylic acids is 2. The van der Waals surface area contributed by atoms with Gasteiger partial charge in [-0.2, -0.15) is 0 Å². The van der Waals surface area contributed by atoms with Gasteiger partial charge in [0.1, 0.15) is 11.5 Å². The van der Waals surface area contributed by atoms with Gasteiger partial charge in [-0.25, -0.2) is 0 Å². The normalized spacial score (nSPS) is 18.2. The molecule has 1 aliphatic heterocycles. The summed E-state index contributed by atoms with van der Waals surface area (Å²) in [6.45, 7) is 5.81. The zero-order valence-corrected chi connectivity index (χ0v) is 21.4. The maximum absolute atomic E-state index is 13.2. The summed E-state index contributed by atoms with van der Waals surface area (Å²) in [5.41, 5.74) is 1.92. The molecule has 1 fully saturated rings. The predicted molar refractivity (Wildman–Crippen MR) is 138 cm³/mol. The van der Waals surface area contributed by atoms with E-state index in [1.807, 2.05) is 48.5 Å². The van der Waals surface area contributed by atoms with E-state index in [1.54, 1.807) is 14.2 Å². The van der Waals surface area contributed by atoms with Crippen LogP contribution in [0.3, 0.4) is 0 Å². The van der Waals surface area contributed by atoms with Crippen molar-refractivity contribution in [3.05, 3.63) is 59.7 Å². The monoisotopic (exact) mass is 481 g/mol. The molecule has 3 rings (SSSR count). The standard InChI is InChI=1S/C28H39N3O4/c1-5-6-17-29-28(33)23-8-7-20(2)31(18-23)19-26(32)30-27(21-9-13-24(34-3)14-10-21)22-11-15-25(35-4)16-12-22/h9-16,20,23,27H,5-8,17-19H2,1-4H3,(H,29,33)(H,30,32). The van der Waals surface area contributed by atoms with Gasteiger partial charge in [0.2, 0.25) is 11.8 Å². The second-order valence-corrected chi connectivity index (χ2v) is 9.24. The van der Waals surface area contributed by atoms with E-state index in [4.69, 9.17) is 9.47 Å². The molecule has 7 heteroatoms. The molecule has 0 spiro atoms. The fourth-order valence-electron chi connectivity index (χ4n) is 4.49. The van der Waals surface area contributed by atoms with Gasteiger partial charge < -0.3 is 20.1 Å². The van der Waals surface area contributed by atoms with Crippen LogP contribution in [0.2, 0.25) is 0 Å². The Hall–Kier alpha value is -3.06. The van der Waals surface area contributed by atoms with Gasteiger partial charge in [0.05, 0.1) is 32.7 Å². The van der Waals surface area contributed by atoms with Crippen LogP contribution in [0.4, 0.5) is 0 Å². The van der Waals surface area contributed by atoms with E-state index in [2.05, 4.69) is 29.4 Å². The minimum Gasteiger partial charge on any atom is -0.497 e. The number of nitrogens with zero attached hydrogens (tertiary/aromatic N) is 1.